The number of para-hydroxylation sites is 2. The predicted molar refractivity (Wildman–Crippen MR) is 214 cm³/mol. The molecule has 2 heterocycles. The van der Waals surface area contributed by atoms with Crippen molar-refractivity contribution >= 4 is 75.6 Å². The average Bonchev–Trinajstić information content (AvgIpc) is 3.79. The quantitative estimate of drug-likeness (QED) is 0.176. The first kappa shape index (κ1) is 24.9. The van der Waals surface area contributed by atoms with Gasteiger partial charge in [0, 0.05) is 47.9 Å². The molecule has 8 aromatic carbocycles. The van der Waals surface area contributed by atoms with E-state index in [4.69, 9.17) is 4.42 Å². The second kappa shape index (κ2) is 11.8. The largest absolute Gasteiger partial charge is 0.456 e. The molecule has 0 spiro atoms. The molecule has 0 bridgehead atoms. The Labute approximate surface area is 299 Å². The molecule has 236 valence electrons. The van der Waals surface area contributed by atoms with Crippen LogP contribution in [0.5, 0.6) is 0 Å². The lowest BCUT2D eigenvalue weighted by Gasteiger charge is -2.26. The predicted octanol–water partition coefficient (Wildman–Crippen LogP) is 13.8. The van der Waals surface area contributed by atoms with Gasteiger partial charge in [0.25, 0.3) is 0 Å². The number of rotatable bonds is 6. The molecule has 50 heavy (non-hydrogen) atoms. The van der Waals surface area contributed by atoms with E-state index in [1.807, 2.05) is 95.9 Å². The van der Waals surface area contributed by atoms with E-state index < -0.39 is 0 Å². The zero-order valence-corrected chi connectivity index (χ0v) is 27.7. The molecule has 10 rings (SSSR count). The van der Waals surface area contributed by atoms with Crippen LogP contribution in [-0.4, -0.2) is 0 Å². The fraction of sp³-hybridized carbons (Fsp3) is 0.0213. The first-order chi connectivity index (χ1) is 26.4. The van der Waals surface area contributed by atoms with Crippen molar-refractivity contribution < 1.29 is 9.90 Å². The van der Waals surface area contributed by atoms with Crippen LogP contribution in [0.3, 0.4) is 0 Å². The van der Waals surface area contributed by atoms with Crippen LogP contribution in [0.25, 0.3) is 75.1 Å². The van der Waals surface area contributed by atoms with Gasteiger partial charge in [-0.15, -0.1) is 11.3 Å². The highest BCUT2D eigenvalue weighted by Crippen LogP contribution is 2.39. The topological polar surface area (TPSA) is 16.4 Å². The average molecular weight is 662 g/mol. The number of anilines is 2. The van der Waals surface area contributed by atoms with Crippen LogP contribution in [-0.2, 0) is 6.54 Å². The molecule has 0 aliphatic rings. The summed E-state index contributed by atoms with van der Waals surface area (Å²) in [6, 6.07) is 50.5. The molecule has 0 unspecified atom stereocenters. The first-order valence-corrected chi connectivity index (χ1v) is 17.5. The maximum atomic E-state index is 9.54. The summed E-state index contributed by atoms with van der Waals surface area (Å²) in [5.41, 5.74) is 6.34. The second-order valence-electron chi connectivity index (χ2n) is 12.6. The molecule has 0 amide bonds. The lowest BCUT2D eigenvalue weighted by Crippen LogP contribution is -2.16. The number of furan rings is 1. The molecule has 0 fully saturated rings. The summed E-state index contributed by atoms with van der Waals surface area (Å²) in [4.78, 5) is 1.91. The fourth-order valence-corrected chi connectivity index (χ4v) is 8.26. The highest BCUT2D eigenvalue weighted by molar-refractivity contribution is 7.25. The fourth-order valence-electron chi connectivity index (χ4n) is 7.18. The highest BCUT2D eigenvalue weighted by atomic mass is 32.1. The van der Waals surface area contributed by atoms with Crippen molar-refractivity contribution in [2.75, 3.05) is 4.90 Å². The van der Waals surface area contributed by atoms with Crippen molar-refractivity contribution in [1.29, 1.82) is 0 Å². The van der Waals surface area contributed by atoms with Crippen LogP contribution < -0.4 is 4.90 Å². The Balaban J connectivity index is 1.17. The Morgan fingerprint density at radius 3 is 2.12 bits per heavy atom. The molecule has 0 aliphatic heterocycles. The molecule has 3 heteroatoms. The Kier molecular flexibility index (Phi) is 5.86. The zero-order chi connectivity index (χ0) is 36.5. The van der Waals surface area contributed by atoms with Gasteiger partial charge in [0.1, 0.15) is 11.2 Å². The van der Waals surface area contributed by atoms with E-state index in [0.29, 0.717) is 5.56 Å². The minimum absolute atomic E-state index is 0.0831. The number of hydrogen-bond donors (Lipinski definition) is 0. The second-order valence-corrected chi connectivity index (χ2v) is 13.7. The minimum Gasteiger partial charge on any atom is -0.456 e. The molecule has 0 saturated carbocycles. The summed E-state index contributed by atoms with van der Waals surface area (Å²) in [5, 5.41) is 6.29. The Morgan fingerprint density at radius 1 is 0.500 bits per heavy atom. The summed E-state index contributed by atoms with van der Waals surface area (Å²) >= 11 is 1.79. The summed E-state index contributed by atoms with van der Waals surface area (Å²) in [5.74, 6) is 0. The number of nitrogens with zero attached hydrogens (tertiary/aromatic N) is 1. The Bertz CT molecular complexity index is 3070. The van der Waals surface area contributed by atoms with Gasteiger partial charge in [-0.2, -0.15) is 0 Å². The molecule has 10 aromatic rings. The van der Waals surface area contributed by atoms with E-state index in [9.17, 15) is 5.48 Å². The summed E-state index contributed by atoms with van der Waals surface area (Å²) in [6.07, 6.45) is 0. The maximum absolute atomic E-state index is 9.54. The van der Waals surface area contributed by atoms with Gasteiger partial charge < -0.3 is 9.32 Å². The summed E-state index contributed by atoms with van der Waals surface area (Å²) in [7, 11) is 0. The Hall–Kier alpha value is -6.16. The van der Waals surface area contributed by atoms with E-state index >= 15 is 0 Å². The third kappa shape index (κ3) is 4.86. The standard InChI is InChI=1S/C47H31NOS/c1-2-15-38-31(10-1)11-8-18-39(38)32-22-25-36(26-23-32)48(30-35-13-9-19-42-40-16-3-5-20-44(40)49-47(35)42)37-14-7-12-33(28-37)34-24-27-46-43(29-34)41-17-4-6-21-45(41)50-46/h1-29H,30H2/i22D,23D,25D,26D. The molecule has 0 saturated heterocycles. The van der Waals surface area contributed by atoms with Gasteiger partial charge in [-0.3, -0.25) is 0 Å². The van der Waals surface area contributed by atoms with Gasteiger partial charge in [-0.25, -0.2) is 0 Å². The van der Waals surface area contributed by atoms with E-state index in [-0.39, 0.29) is 42.0 Å². The smallest absolute Gasteiger partial charge is 0.140 e. The van der Waals surface area contributed by atoms with Crippen molar-refractivity contribution in [3.05, 3.63) is 181 Å². The third-order valence-corrected chi connectivity index (χ3v) is 10.8. The van der Waals surface area contributed by atoms with Crippen LogP contribution in [0.4, 0.5) is 11.4 Å². The first-order valence-electron chi connectivity index (χ1n) is 18.7. The van der Waals surface area contributed by atoms with Crippen LogP contribution >= 0.6 is 11.3 Å². The summed E-state index contributed by atoms with van der Waals surface area (Å²) < 4.78 is 46.8. The van der Waals surface area contributed by atoms with Crippen molar-refractivity contribution in [3.8, 4) is 22.3 Å². The van der Waals surface area contributed by atoms with Gasteiger partial charge in [0.05, 0.1) is 12.0 Å². The van der Waals surface area contributed by atoms with Crippen molar-refractivity contribution in [3.63, 3.8) is 0 Å². The van der Waals surface area contributed by atoms with E-state index in [1.54, 1.807) is 11.3 Å². The van der Waals surface area contributed by atoms with Crippen LogP contribution in [0.15, 0.2) is 180 Å². The SMILES string of the molecule is [2H]c1c([2H])c(N(Cc2cccc3c2oc2ccccc23)c2cccc(-c3ccc4sc5ccccc5c4c3)c2)c([2H])c([2H])c1-c1cccc2ccccc12. The van der Waals surface area contributed by atoms with Crippen molar-refractivity contribution in [1.82, 2.24) is 0 Å². The van der Waals surface area contributed by atoms with Crippen LogP contribution in [0.1, 0.15) is 11.0 Å². The minimum atomic E-state index is -0.104. The number of fused-ring (bicyclic) bond motifs is 7. The number of thiophene rings is 1. The molecule has 0 N–H and O–H groups in total. The Morgan fingerprint density at radius 2 is 1.20 bits per heavy atom. The molecule has 0 aliphatic carbocycles. The molecular formula is C47H31NOS. The van der Waals surface area contributed by atoms with E-state index in [0.717, 1.165) is 55.1 Å². The van der Waals surface area contributed by atoms with E-state index in [1.165, 1.54) is 20.2 Å². The van der Waals surface area contributed by atoms with Gasteiger partial charge in [-0.1, -0.05) is 127 Å². The normalized spacial score (nSPS) is 12.8. The lowest BCUT2D eigenvalue weighted by molar-refractivity contribution is 0.662. The van der Waals surface area contributed by atoms with Gasteiger partial charge >= 0.3 is 0 Å². The molecule has 0 radical (unpaired) electrons. The number of benzene rings is 8. The maximum Gasteiger partial charge on any atom is 0.140 e. The van der Waals surface area contributed by atoms with Crippen molar-refractivity contribution in [2.45, 2.75) is 6.54 Å². The lowest BCUT2D eigenvalue weighted by atomic mass is 9.98. The molecule has 0 atom stereocenters. The van der Waals surface area contributed by atoms with Crippen LogP contribution in [0.2, 0.25) is 0 Å². The van der Waals surface area contributed by atoms with Gasteiger partial charge in [0.15, 0.2) is 0 Å². The highest BCUT2D eigenvalue weighted by Gasteiger charge is 2.17. The molecular weight excluding hydrogens is 627 g/mol. The summed E-state index contributed by atoms with van der Waals surface area (Å²) in [6.45, 7) is 0.249. The van der Waals surface area contributed by atoms with Gasteiger partial charge in [-0.05, 0) is 81.5 Å². The van der Waals surface area contributed by atoms with E-state index in [2.05, 4.69) is 60.7 Å². The number of hydrogen-bond acceptors (Lipinski definition) is 3. The monoisotopic (exact) mass is 661 g/mol. The van der Waals surface area contributed by atoms with Gasteiger partial charge in [0.2, 0.25) is 0 Å². The molecule has 2 aromatic heterocycles. The zero-order valence-electron chi connectivity index (χ0n) is 30.9. The third-order valence-electron chi connectivity index (χ3n) is 9.62. The van der Waals surface area contributed by atoms with Crippen LogP contribution in [0, 0.1) is 0 Å². The van der Waals surface area contributed by atoms with Crippen molar-refractivity contribution in [2.24, 2.45) is 0 Å². The molecule has 2 nitrogen and oxygen atoms in total.